The van der Waals surface area contributed by atoms with Gasteiger partial charge in [-0.15, -0.1) is 0 Å². The van der Waals surface area contributed by atoms with Crippen molar-refractivity contribution in [1.29, 1.82) is 0 Å². The van der Waals surface area contributed by atoms with Crippen molar-refractivity contribution in [2.75, 3.05) is 39.3 Å². The standard InChI is InChI=1S/C17H37N3/c1-6-16(5)13-20(7-2)17(14-18)8-10-19(11-9-17)12-15(3)4/h15-16H,6-14,18H2,1-5H3. The highest BCUT2D eigenvalue weighted by Crippen LogP contribution is 2.29. The maximum atomic E-state index is 6.22. The fraction of sp³-hybridized carbons (Fsp3) is 1.00. The lowest BCUT2D eigenvalue weighted by Crippen LogP contribution is -2.60. The van der Waals surface area contributed by atoms with Crippen molar-refractivity contribution >= 4 is 0 Å². The van der Waals surface area contributed by atoms with Gasteiger partial charge in [0.15, 0.2) is 0 Å². The van der Waals surface area contributed by atoms with E-state index in [1.54, 1.807) is 0 Å². The number of piperidine rings is 1. The Kier molecular flexibility index (Phi) is 7.49. The predicted octanol–water partition coefficient (Wildman–Crippen LogP) is 2.80. The van der Waals surface area contributed by atoms with Gasteiger partial charge in [-0.05, 0) is 44.3 Å². The molecule has 3 nitrogen and oxygen atoms in total. The fourth-order valence-electron chi connectivity index (χ4n) is 3.48. The molecule has 1 fully saturated rings. The molecule has 0 amide bonds. The summed E-state index contributed by atoms with van der Waals surface area (Å²) in [7, 11) is 0. The molecule has 1 saturated heterocycles. The number of nitrogens with two attached hydrogens (primary N) is 1. The number of likely N-dealkylation sites (N-methyl/N-ethyl adjacent to an activating group) is 1. The average molecular weight is 284 g/mol. The van der Waals surface area contributed by atoms with Crippen LogP contribution in [0, 0.1) is 11.8 Å². The van der Waals surface area contributed by atoms with Crippen molar-refractivity contribution in [1.82, 2.24) is 9.80 Å². The highest BCUT2D eigenvalue weighted by Gasteiger charge is 2.38. The molecule has 0 aromatic heterocycles. The van der Waals surface area contributed by atoms with Crippen LogP contribution in [-0.4, -0.2) is 54.6 Å². The zero-order valence-electron chi connectivity index (χ0n) is 14.5. The zero-order chi connectivity index (χ0) is 15.2. The number of nitrogens with zero attached hydrogens (tertiary/aromatic N) is 2. The molecule has 0 aromatic carbocycles. The van der Waals surface area contributed by atoms with E-state index in [0.29, 0.717) is 0 Å². The minimum atomic E-state index is 0.256. The largest absolute Gasteiger partial charge is 0.329 e. The Morgan fingerprint density at radius 1 is 1.15 bits per heavy atom. The van der Waals surface area contributed by atoms with Crippen molar-refractivity contribution in [3.8, 4) is 0 Å². The molecule has 2 N–H and O–H groups in total. The maximum absolute atomic E-state index is 6.22. The molecular weight excluding hydrogens is 246 g/mol. The van der Waals surface area contributed by atoms with Gasteiger partial charge in [-0.1, -0.05) is 41.0 Å². The van der Waals surface area contributed by atoms with E-state index < -0.39 is 0 Å². The van der Waals surface area contributed by atoms with E-state index in [1.165, 1.54) is 45.4 Å². The first-order valence-electron chi connectivity index (χ1n) is 8.64. The molecule has 0 aliphatic carbocycles. The second-order valence-corrected chi connectivity index (χ2v) is 7.17. The Balaban J connectivity index is 2.63. The Labute approximate surface area is 126 Å². The fourth-order valence-corrected chi connectivity index (χ4v) is 3.48. The van der Waals surface area contributed by atoms with Crippen LogP contribution in [0.25, 0.3) is 0 Å². The topological polar surface area (TPSA) is 32.5 Å². The van der Waals surface area contributed by atoms with Gasteiger partial charge in [0.05, 0.1) is 0 Å². The van der Waals surface area contributed by atoms with Gasteiger partial charge in [0.2, 0.25) is 0 Å². The summed E-state index contributed by atoms with van der Waals surface area (Å²) in [6, 6.07) is 0. The van der Waals surface area contributed by atoms with Crippen LogP contribution in [0.15, 0.2) is 0 Å². The molecule has 0 aromatic rings. The van der Waals surface area contributed by atoms with E-state index >= 15 is 0 Å². The van der Waals surface area contributed by atoms with E-state index in [4.69, 9.17) is 5.73 Å². The molecular formula is C17H37N3. The van der Waals surface area contributed by atoms with E-state index in [2.05, 4.69) is 44.4 Å². The number of likely N-dealkylation sites (tertiary alicyclic amines) is 1. The second kappa shape index (κ2) is 8.35. The van der Waals surface area contributed by atoms with Gasteiger partial charge in [0.25, 0.3) is 0 Å². The van der Waals surface area contributed by atoms with E-state index in [9.17, 15) is 0 Å². The van der Waals surface area contributed by atoms with Crippen LogP contribution in [0.4, 0.5) is 0 Å². The van der Waals surface area contributed by atoms with Crippen molar-refractivity contribution in [2.45, 2.75) is 59.4 Å². The van der Waals surface area contributed by atoms with E-state index in [1.807, 2.05) is 0 Å². The summed E-state index contributed by atoms with van der Waals surface area (Å²) in [5.41, 5.74) is 6.47. The third-order valence-electron chi connectivity index (χ3n) is 5.07. The molecule has 0 bridgehead atoms. The molecule has 1 unspecified atom stereocenters. The Hall–Kier alpha value is -0.120. The van der Waals surface area contributed by atoms with Crippen LogP contribution < -0.4 is 5.73 Å². The molecule has 1 aliphatic rings. The molecule has 1 rings (SSSR count). The van der Waals surface area contributed by atoms with Gasteiger partial charge in [0, 0.05) is 25.2 Å². The highest BCUT2D eigenvalue weighted by molar-refractivity contribution is 4.96. The minimum Gasteiger partial charge on any atom is -0.329 e. The van der Waals surface area contributed by atoms with E-state index in [-0.39, 0.29) is 5.54 Å². The lowest BCUT2D eigenvalue weighted by molar-refractivity contribution is 0.0181. The van der Waals surface area contributed by atoms with Crippen LogP contribution in [0.5, 0.6) is 0 Å². The Morgan fingerprint density at radius 3 is 2.15 bits per heavy atom. The normalized spacial score (nSPS) is 21.6. The van der Waals surface area contributed by atoms with Crippen LogP contribution in [0.1, 0.15) is 53.9 Å². The molecule has 0 saturated carbocycles. The second-order valence-electron chi connectivity index (χ2n) is 7.17. The lowest BCUT2D eigenvalue weighted by atomic mass is 9.84. The number of hydrogen-bond acceptors (Lipinski definition) is 3. The number of hydrogen-bond donors (Lipinski definition) is 1. The molecule has 0 radical (unpaired) electrons. The first kappa shape index (κ1) is 17.9. The van der Waals surface area contributed by atoms with Gasteiger partial charge in [0.1, 0.15) is 0 Å². The molecule has 120 valence electrons. The summed E-state index contributed by atoms with van der Waals surface area (Å²) in [5.74, 6) is 1.54. The first-order chi connectivity index (χ1) is 9.47. The van der Waals surface area contributed by atoms with Gasteiger partial charge in [-0.25, -0.2) is 0 Å². The van der Waals surface area contributed by atoms with Gasteiger partial charge in [-0.2, -0.15) is 0 Å². The summed E-state index contributed by atoms with van der Waals surface area (Å²) in [5, 5.41) is 0. The van der Waals surface area contributed by atoms with Gasteiger partial charge < -0.3 is 10.6 Å². The number of rotatable bonds is 8. The molecule has 20 heavy (non-hydrogen) atoms. The summed E-state index contributed by atoms with van der Waals surface area (Å²) in [4.78, 5) is 5.30. The summed E-state index contributed by atoms with van der Waals surface area (Å²) in [6.07, 6.45) is 3.73. The molecule has 0 spiro atoms. The van der Waals surface area contributed by atoms with Crippen molar-refractivity contribution in [2.24, 2.45) is 17.6 Å². The Bertz CT molecular complexity index is 257. The predicted molar refractivity (Wildman–Crippen MR) is 89.0 cm³/mol. The van der Waals surface area contributed by atoms with Gasteiger partial charge in [-0.3, -0.25) is 4.90 Å². The van der Waals surface area contributed by atoms with E-state index in [0.717, 1.165) is 24.9 Å². The van der Waals surface area contributed by atoms with Crippen LogP contribution in [0.2, 0.25) is 0 Å². The molecule has 1 atom stereocenters. The van der Waals surface area contributed by atoms with Crippen molar-refractivity contribution < 1.29 is 0 Å². The third kappa shape index (κ3) is 4.71. The zero-order valence-corrected chi connectivity index (χ0v) is 14.5. The molecule has 1 heterocycles. The third-order valence-corrected chi connectivity index (χ3v) is 5.07. The minimum absolute atomic E-state index is 0.256. The van der Waals surface area contributed by atoms with Crippen LogP contribution in [0.3, 0.4) is 0 Å². The Morgan fingerprint density at radius 2 is 1.75 bits per heavy atom. The van der Waals surface area contributed by atoms with Crippen molar-refractivity contribution in [3.05, 3.63) is 0 Å². The van der Waals surface area contributed by atoms with Crippen LogP contribution >= 0.6 is 0 Å². The average Bonchev–Trinajstić information content (AvgIpc) is 2.45. The molecule has 1 aliphatic heterocycles. The summed E-state index contributed by atoms with van der Waals surface area (Å²) >= 11 is 0. The highest BCUT2D eigenvalue weighted by atomic mass is 15.2. The van der Waals surface area contributed by atoms with Gasteiger partial charge >= 0.3 is 0 Å². The lowest BCUT2D eigenvalue weighted by Gasteiger charge is -2.49. The quantitative estimate of drug-likeness (QED) is 0.743. The monoisotopic (exact) mass is 283 g/mol. The van der Waals surface area contributed by atoms with Crippen LogP contribution in [-0.2, 0) is 0 Å². The first-order valence-corrected chi connectivity index (χ1v) is 8.64. The summed E-state index contributed by atoms with van der Waals surface area (Å²) in [6.45, 7) is 18.4. The summed E-state index contributed by atoms with van der Waals surface area (Å²) < 4.78 is 0. The SMILES string of the molecule is CCC(C)CN(CC)C1(CN)CCN(CC(C)C)CC1. The van der Waals surface area contributed by atoms with Crippen molar-refractivity contribution in [3.63, 3.8) is 0 Å². The smallest absolute Gasteiger partial charge is 0.0356 e. The maximum Gasteiger partial charge on any atom is 0.0356 e. The molecule has 3 heteroatoms.